The van der Waals surface area contributed by atoms with Crippen LogP contribution in [0.5, 0.6) is 0 Å². The number of imide groups is 1. The lowest BCUT2D eigenvalue weighted by atomic mass is 10.2. The highest BCUT2D eigenvalue weighted by molar-refractivity contribution is 7.98. The molecule has 3 amide bonds. The number of hydrogen-bond donors (Lipinski definition) is 3. The van der Waals surface area contributed by atoms with E-state index in [-0.39, 0.29) is 5.70 Å². The number of benzene rings is 2. The van der Waals surface area contributed by atoms with Crippen molar-refractivity contribution < 1.29 is 9.59 Å². The quantitative estimate of drug-likeness (QED) is 0.163. The molecule has 0 aliphatic carbocycles. The van der Waals surface area contributed by atoms with Crippen molar-refractivity contribution in [2.45, 2.75) is 10.8 Å². The van der Waals surface area contributed by atoms with Crippen molar-refractivity contribution >= 4 is 58.5 Å². The summed E-state index contributed by atoms with van der Waals surface area (Å²) in [6.07, 6.45) is 3.17. The zero-order valence-electron chi connectivity index (χ0n) is 17.1. The van der Waals surface area contributed by atoms with Gasteiger partial charge in [-0.15, -0.1) is 11.8 Å². The van der Waals surface area contributed by atoms with Gasteiger partial charge in [0, 0.05) is 28.1 Å². The molecule has 5 rings (SSSR count). The summed E-state index contributed by atoms with van der Waals surface area (Å²) in [6.45, 7) is 0. The Balaban J connectivity index is 1.55. The first-order valence-electron chi connectivity index (χ1n) is 9.97. The number of thioether (sulfide) groups is 1. The molecule has 2 aromatic carbocycles. The molecule has 0 radical (unpaired) electrons. The number of amides is 3. The van der Waals surface area contributed by atoms with Gasteiger partial charge >= 0.3 is 6.03 Å². The van der Waals surface area contributed by atoms with Crippen LogP contribution in [0, 0.1) is 0 Å². The summed E-state index contributed by atoms with van der Waals surface area (Å²) in [4.78, 5) is 28.2. The molecule has 1 aliphatic heterocycles. The molecule has 8 nitrogen and oxygen atoms in total. The largest absolute Gasteiger partial charge is 0.340 e. The van der Waals surface area contributed by atoms with E-state index in [9.17, 15) is 9.59 Å². The second-order valence-corrected chi connectivity index (χ2v) is 8.62. The first-order valence-corrected chi connectivity index (χ1v) is 11.3. The Kier molecular flexibility index (Phi) is 5.72. The summed E-state index contributed by atoms with van der Waals surface area (Å²) < 4.78 is 1.72. The molecule has 4 aromatic rings. The summed E-state index contributed by atoms with van der Waals surface area (Å²) in [5, 5.41) is 13.9. The van der Waals surface area contributed by atoms with Crippen LogP contribution in [0.2, 0.25) is 5.02 Å². The SMILES string of the molecule is O=C1NC(=O)/C(=C/c2cnn3c(SCc4ccccc4)cc(Nc4cccc(Cl)c4)nc23)N1. The average molecular weight is 477 g/mol. The predicted octanol–water partition coefficient (Wildman–Crippen LogP) is 4.60. The van der Waals surface area contributed by atoms with Crippen LogP contribution in [0.15, 0.2) is 77.6 Å². The lowest BCUT2D eigenvalue weighted by Crippen LogP contribution is -2.22. The van der Waals surface area contributed by atoms with Crippen LogP contribution in [-0.2, 0) is 10.5 Å². The average Bonchev–Trinajstić information content (AvgIpc) is 3.35. The Morgan fingerprint density at radius 3 is 2.67 bits per heavy atom. The number of halogens is 1. The second-order valence-electron chi connectivity index (χ2n) is 7.19. The van der Waals surface area contributed by atoms with E-state index in [0.717, 1.165) is 16.5 Å². The molecule has 0 atom stereocenters. The van der Waals surface area contributed by atoms with Gasteiger partial charge in [0.1, 0.15) is 16.5 Å². The number of carbonyl (C=O) groups excluding carboxylic acids is 2. The fourth-order valence-corrected chi connectivity index (χ4v) is 4.45. The Labute approximate surface area is 198 Å². The van der Waals surface area contributed by atoms with Crippen LogP contribution in [0.25, 0.3) is 11.7 Å². The van der Waals surface area contributed by atoms with Crippen LogP contribution in [0.1, 0.15) is 11.1 Å². The fourth-order valence-electron chi connectivity index (χ4n) is 3.30. The van der Waals surface area contributed by atoms with Gasteiger partial charge in [-0.25, -0.2) is 14.3 Å². The number of carbonyl (C=O) groups is 2. The van der Waals surface area contributed by atoms with E-state index in [1.807, 2.05) is 42.5 Å². The van der Waals surface area contributed by atoms with Crippen LogP contribution >= 0.6 is 23.4 Å². The summed E-state index contributed by atoms with van der Waals surface area (Å²) in [5.74, 6) is 0.845. The zero-order valence-corrected chi connectivity index (χ0v) is 18.7. The minimum absolute atomic E-state index is 0.142. The first kappa shape index (κ1) is 21.0. The third-order valence-corrected chi connectivity index (χ3v) is 6.11. The summed E-state index contributed by atoms with van der Waals surface area (Å²) >= 11 is 7.74. The molecule has 0 spiro atoms. The monoisotopic (exact) mass is 476 g/mol. The van der Waals surface area contributed by atoms with Crippen molar-refractivity contribution in [2.75, 3.05) is 5.32 Å². The Morgan fingerprint density at radius 1 is 1.06 bits per heavy atom. The van der Waals surface area contributed by atoms with Crippen molar-refractivity contribution in [3.05, 3.63) is 88.7 Å². The fraction of sp³-hybridized carbons (Fsp3) is 0.0435. The lowest BCUT2D eigenvalue weighted by Gasteiger charge is -2.10. The van der Waals surface area contributed by atoms with E-state index in [1.165, 1.54) is 5.56 Å². The molecular formula is C23H17ClN6O2S. The third-order valence-electron chi connectivity index (χ3n) is 4.81. The van der Waals surface area contributed by atoms with Gasteiger partial charge in [0.2, 0.25) is 0 Å². The Morgan fingerprint density at radius 2 is 1.91 bits per heavy atom. The highest BCUT2D eigenvalue weighted by Gasteiger charge is 2.23. The van der Waals surface area contributed by atoms with Gasteiger partial charge in [-0.05, 0) is 29.8 Å². The molecule has 164 valence electrons. The van der Waals surface area contributed by atoms with Crippen molar-refractivity contribution in [3.8, 4) is 0 Å². The van der Waals surface area contributed by atoms with Crippen molar-refractivity contribution in [3.63, 3.8) is 0 Å². The number of nitrogens with one attached hydrogen (secondary N) is 3. The number of rotatable bonds is 6. The molecule has 1 saturated heterocycles. The highest BCUT2D eigenvalue weighted by Crippen LogP contribution is 2.29. The molecule has 0 bridgehead atoms. The second kappa shape index (κ2) is 8.97. The molecule has 1 aliphatic rings. The molecule has 3 N–H and O–H groups in total. The molecule has 10 heteroatoms. The van der Waals surface area contributed by atoms with E-state index in [0.29, 0.717) is 22.1 Å². The van der Waals surface area contributed by atoms with Gasteiger partial charge in [0.15, 0.2) is 5.65 Å². The van der Waals surface area contributed by atoms with Crippen LogP contribution in [0.4, 0.5) is 16.3 Å². The maximum atomic E-state index is 12.0. The number of anilines is 2. The van der Waals surface area contributed by atoms with E-state index in [2.05, 4.69) is 33.2 Å². The molecule has 2 aromatic heterocycles. The van der Waals surface area contributed by atoms with Crippen LogP contribution in [-0.4, -0.2) is 26.5 Å². The summed E-state index contributed by atoms with van der Waals surface area (Å²) in [7, 11) is 0. The van der Waals surface area contributed by atoms with Gasteiger partial charge in [-0.2, -0.15) is 5.10 Å². The smallest absolute Gasteiger partial charge is 0.326 e. The topological polar surface area (TPSA) is 100 Å². The summed E-state index contributed by atoms with van der Waals surface area (Å²) in [6, 6.07) is 18.8. The van der Waals surface area contributed by atoms with Crippen molar-refractivity contribution in [2.24, 2.45) is 0 Å². The van der Waals surface area contributed by atoms with Crippen LogP contribution < -0.4 is 16.0 Å². The van der Waals surface area contributed by atoms with E-state index in [1.54, 1.807) is 34.6 Å². The maximum Gasteiger partial charge on any atom is 0.326 e. The standard InChI is InChI=1S/C23H17ClN6O2S/c24-16-7-4-8-17(10-16)26-19-11-20(33-13-14-5-2-1-3-6-14)30-21(28-19)15(12-25-30)9-18-22(31)29-23(32)27-18/h1-12H,13H2,(H,26,28)(H2,27,29,31,32)/b18-9-. The third kappa shape index (κ3) is 4.69. The lowest BCUT2D eigenvalue weighted by molar-refractivity contribution is -0.115. The predicted molar refractivity (Wildman–Crippen MR) is 128 cm³/mol. The molecule has 3 heterocycles. The maximum absolute atomic E-state index is 12.0. The van der Waals surface area contributed by atoms with Crippen molar-refractivity contribution in [1.82, 2.24) is 25.2 Å². The van der Waals surface area contributed by atoms with Gasteiger partial charge in [-0.3, -0.25) is 10.1 Å². The molecule has 33 heavy (non-hydrogen) atoms. The summed E-state index contributed by atoms with van der Waals surface area (Å²) in [5.41, 5.74) is 3.25. The van der Waals surface area contributed by atoms with E-state index >= 15 is 0 Å². The Hall–Kier alpha value is -3.82. The highest BCUT2D eigenvalue weighted by atomic mass is 35.5. The molecule has 1 fully saturated rings. The first-order chi connectivity index (χ1) is 16.0. The zero-order chi connectivity index (χ0) is 22.8. The van der Waals surface area contributed by atoms with E-state index in [4.69, 9.17) is 16.6 Å². The van der Waals surface area contributed by atoms with Gasteiger partial charge in [0.05, 0.1) is 6.20 Å². The molecule has 0 unspecified atom stereocenters. The molecule has 0 saturated carbocycles. The van der Waals surface area contributed by atoms with Gasteiger partial charge in [0.25, 0.3) is 5.91 Å². The minimum atomic E-state index is -0.557. The van der Waals surface area contributed by atoms with Crippen LogP contribution in [0.3, 0.4) is 0 Å². The number of fused-ring (bicyclic) bond motifs is 1. The molecular weight excluding hydrogens is 460 g/mol. The number of nitrogens with zero attached hydrogens (tertiary/aromatic N) is 3. The number of urea groups is 1. The Bertz CT molecular complexity index is 1400. The minimum Gasteiger partial charge on any atom is -0.340 e. The van der Waals surface area contributed by atoms with Crippen molar-refractivity contribution in [1.29, 1.82) is 0 Å². The van der Waals surface area contributed by atoms with E-state index < -0.39 is 11.9 Å². The van der Waals surface area contributed by atoms with Gasteiger partial charge < -0.3 is 10.6 Å². The number of aromatic nitrogens is 3. The normalized spacial score (nSPS) is 14.5. The van der Waals surface area contributed by atoms with Gasteiger partial charge in [-0.1, -0.05) is 48.0 Å². The number of hydrogen-bond acceptors (Lipinski definition) is 6.